The summed E-state index contributed by atoms with van der Waals surface area (Å²) in [5.41, 5.74) is 1.54. The first-order valence-corrected chi connectivity index (χ1v) is 8.69. The van der Waals surface area contributed by atoms with Crippen LogP contribution in [0.5, 0.6) is 0 Å². The van der Waals surface area contributed by atoms with Crippen molar-refractivity contribution in [1.82, 2.24) is 5.32 Å². The summed E-state index contributed by atoms with van der Waals surface area (Å²) in [7, 11) is 0. The Labute approximate surface area is 136 Å². The third kappa shape index (κ3) is 3.71. The van der Waals surface area contributed by atoms with Gasteiger partial charge in [0.05, 0.1) is 10.5 Å². The fourth-order valence-corrected chi connectivity index (χ4v) is 3.69. The topological polar surface area (TPSA) is 12.0 Å². The molecule has 1 atom stereocenters. The van der Waals surface area contributed by atoms with Gasteiger partial charge in [-0.25, -0.2) is 8.78 Å². The molecule has 5 heteroatoms. The fraction of sp³-hybridized carbons (Fsp3) is 0.375. The van der Waals surface area contributed by atoms with Crippen molar-refractivity contribution in [2.75, 3.05) is 6.54 Å². The summed E-state index contributed by atoms with van der Waals surface area (Å²) in [5, 5.41) is 5.34. The molecule has 21 heavy (non-hydrogen) atoms. The van der Waals surface area contributed by atoms with Gasteiger partial charge in [-0.3, -0.25) is 0 Å². The maximum atomic E-state index is 14.3. The average molecular weight is 374 g/mol. The summed E-state index contributed by atoms with van der Waals surface area (Å²) in [5.74, 6) is -0.836. The van der Waals surface area contributed by atoms with Gasteiger partial charge in [-0.05, 0) is 64.5 Å². The van der Waals surface area contributed by atoms with E-state index in [4.69, 9.17) is 0 Å². The molecule has 0 saturated heterocycles. The van der Waals surface area contributed by atoms with Gasteiger partial charge in [0.2, 0.25) is 0 Å². The minimum Gasteiger partial charge on any atom is -0.305 e. The normalized spacial score (nSPS) is 12.6. The van der Waals surface area contributed by atoms with E-state index in [9.17, 15) is 8.78 Å². The molecular formula is C16H18BrF2NS. The maximum Gasteiger partial charge on any atom is 0.137 e. The number of benzene rings is 1. The molecule has 1 unspecified atom stereocenters. The third-order valence-corrected chi connectivity index (χ3v) is 5.00. The van der Waals surface area contributed by atoms with Crippen molar-refractivity contribution in [3.05, 3.63) is 55.7 Å². The number of thiophene rings is 1. The summed E-state index contributed by atoms with van der Waals surface area (Å²) in [4.78, 5) is 1.06. The molecule has 0 amide bonds. The molecule has 1 aromatic carbocycles. The summed E-state index contributed by atoms with van der Waals surface area (Å²) in [6.45, 7) is 4.88. The molecule has 2 rings (SSSR count). The summed E-state index contributed by atoms with van der Waals surface area (Å²) < 4.78 is 28.3. The number of aryl methyl sites for hydroxylation is 1. The second kappa shape index (κ2) is 7.47. The van der Waals surface area contributed by atoms with Crippen molar-refractivity contribution < 1.29 is 8.78 Å². The quantitative estimate of drug-likeness (QED) is 0.664. The highest BCUT2D eigenvalue weighted by Gasteiger charge is 2.22. The van der Waals surface area contributed by atoms with Crippen molar-refractivity contribution >= 4 is 27.3 Å². The van der Waals surface area contributed by atoms with E-state index in [0.717, 1.165) is 24.3 Å². The monoisotopic (exact) mass is 373 g/mol. The van der Waals surface area contributed by atoms with Gasteiger partial charge in [-0.2, -0.15) is 0 Å². The molecule has 0 fully saturated rings. The van der Waals surface area contributed by atoms with Crippen LogP contribution in [0.1, 0.15) is 42.3 Å². The highest BCUT2D eigenvalue weighted by atomic mass is 79.9. The Balaban J connectivity index is 2.48. The molecule has 1 N–H and O–H groups in total. The minimum atomic E-state index is -0.440. The molecule has 114 valence electrons. The van der Waals surface area contributed by atoms with Crippen LogP contribution >= 0.6 is 27.3 Å². The minimum absolute atomic E-state index is 0.153. The fourth-order valence-electron chi connectivity index (χ4n) is 2.28. The molecule has 0 saturated carbocycles. The zero-order valence-electron chi connectivity index (χ0n) is 12.1. The number of nitrogens with one attached hydrogen (secondary N) is 1. The van der Waals surface area contributed by atoms with Gasteiger partial charge < -0.3 is 5.32 Å². The summed E-state index contributed by atoms with van der Waals surface area (Å²) in [6.07, 6.45) is 1.81. The third-order valence-electron chi connectivity index (χ3n) is 3.37. The Morgan fingerprint density at radius 2 is 2.00 bits per heavy atom. The smallest absolute Gasteiger partial charge is 0.137 e. The number of hydrogen-bond acceptors (Lipinski definition) is 2. The molecule has 1 nitrogen and oxygen atoms in total. The van der Waals surface area contributed by atoms with E-state index in [-0.39, 0.29) is 10.5 Å². The molecule has 0 spiro atoms. The molecule has 0 bridgehead atoms. The SMILES string of the molecule is CCCNC(c1cc(F)c(Br)cc1F)c1sccc1CC. The first-order chi connectivity index (χ1) is 10.1. The van der Waals surface area contributed by atoms with Crippen LogP contribution in [0, 0.1) is 11.6 Å². The van der Waals surface area contributed by atoms with E-state index in [1.165, 1.54) is 17.7 Å². The molecule has 0 aliphatic carbocycles. The van der Waals surface area contributed by atoms with Crippen molar-refractivity contribution in [2.24, 2.45) is 0 Å². The Morgan fingerprint density at radius 3 is 2.67 bits per heavy atom. The lowest BCUT2D eigenvalue weighted by Crippen LogP contribution is -2.24. The van der Waals surface area contributed by atoms with Crippen LogP contribution in [0.3, 0.4) is 0 Å². The second-order valence-corrected chi connectivity index (χ2v) is 6.64. The van der Waals surface area contributed by atoms with Crippen LogP contribution in [0.4, 0.5) is 8.78 Å². The highest BCUT2D eigenvalue weighted by molar-refractivity contribution is 9.10. The zero-order chi connectivity index (χ0) is 15.4. The Hall–Kier alpha value is -0.780. The number of halogens is 3. The van der Waals surface area contributed by atoms with E-state index in [1.807, 2.05) is 11.4 Å². The second-order valence-electron chi connectivity index (χ2n) is 4.84. The molecule has 0 aliphatic rings. The van der Waals surface area contributed by atoms with E-state index < -0.39 is 11.6 Å². The van der Waals surface area contributed by atoms with Gasteiger partial charge >= 0.3 is 0 Å². The lowest BCUT2D eigenvalue weighted by Gasteiger charge is -2.20. The first-order valence-electron chi connectivity index (χ1n) is 7.02. The van der Waals surface area contributed by atoms with Crippen LogP contribution in [0.2, 0.25) is 0 Å². The van der Waals surface area contributed by atoms with Gasteiger partial charge in [-0.15, -0.1) is 11.3 Å². The van der Waals surface area contributed by atoms with Crippen LogP contribution < -0.4 is 5.32 Å². The zero-order valence-corrected chi connectivity index (χ0v) is 14.5. The molecule has 0 radical (unpaired) electrons. The van der Waals surface area contributed by atoms with Crippen molar-refractivity contribution in [1.29, 1.82) is 0 Å². The lowest BCUT2D eigenvalue weighted by atomic mass is 10.0. The van der Waals surface area contributed by atoms with Crippen molar-refractivity contribution in [3.8, 4) is 0 Å². The predicted octanol–water partition coefficient (Wildman–Crippen LogP) is 5.44. The highest BCUT2D eigenvalue weighted by Crippen LogP contribution is 2.33. The molecule has 2 aromatic rings. The van der Waals surface area contributed by atoms with Crippen LogP contribution in [0.25, 0.3) is 0 Å². The largest absolute Gasteiger partial charge is 0.305 e. The Morgan fingerprint density at radius 1 is 1.24 bits per heavy atom. The van der Waals surface area contributed by atoms with Gasteiger partial charge in [0.15, 0.2) is 0 Å². The number of hydrogen-bond donors (Lipinski definition) is 1. The van der Waals surface area contributed by atoms with Gasteiger partial charge in [0.1, 0.15) is 11.6 Å². The average Bonchev–Trinajstić information content (AvgIpc) is 2.93. The standard InChI is InChI=1S/C16H18BrF2NS/c1-3-6-20-15(16-10(4-2)5-7-21-16)11-8-14(19)12(17)9-13(11)18/h5,7-9,15,20H,3-4,6H2,1-2H3. The van der Waals surface area contributed by atoms with E-state index in [2.05, 4.69) is 35.1 Å². The van der Waals surface area contributed by atoms with Crippen molar-refractivity contribution in [2.45, 2.75) is 32.7 Å². The molecular weight excluding hydrogens is 356 g/mol. The molecule has 1 aromatic heterocycles. The van der Waals surface area contributed by atoms with Crippen molar-refractivity contribution in [3.63, 3.8) is 0 Å². The van der Waals surface area contributed by atoms with E-state index in [0.29, 0.717) is 5.56 Å². The van der Waals surface area contributed by atoms with Gasteiger partial charge in [0, 0.05) is 10.4 Å². The molecule has 1 heterocycles. The number of rotatable bonds is 6. The van der Waals surface area contributed by atoms with E-state index in [1.54, 1.807) is 11.3 Å². The van der Waals surface area contributed by atoms with Crippen LogP contribution in [-0.4, -0.2) is 6.54 Å². The first kappa shape index (κ1) is 16.6. The Bertz CT molecular complexity index is 612. The Kier molecular flexibility index (Phi) is 5.90. The lowest BCUT2D eigenvalue weighted by molar-refractivity contribution is 0.535. The van der Waals surface area contributed by atoms with Crippen LogP contribution in [-0.2, 0) is 6.42 Å². The van der Waals surface area contributed by atoms with Gasteiger partial charge in [-0.1, -0.05) is 13.8 Å². The maximum absolute atomic E-state index is 14.3. The summed E-state index contributed by atoms with van der Waals surface area (Å²) in [6, 6.07) is 4.23. The van der Waals surface area contributed by atoms with Crippen LogP contribution in [0.15, 0.2) is 28.1 Å². The predicted molar refractivity (Wildman–Crippen MR) is 87.9 cm³/mol. The summed E-state index contributed by atoms with van der Waals surface area (Å²) >= 11 is 4.61. The van der Waals surface area contributed by atoms with Gasteiger partial charge in [0.25, 0.3) is 0 Å². The van der Waals surface area contributed by atoms with E-state index >= 15 is 0 Å². The molecule has 0 aliphatic heterocycles.